The van der Waals surface area contributed by atoms with Crippen LogP contribution in [-0.2, 0) is 14.3 Å². The van der Waals surface area contributed by atoms with Gasteiger partial charge in [0.25, 0.3) is 0 Å². The highest BCUT2D eigenvalue weighted by Gasteiger charge is 2.37. The summed E-state index contributed by atoms with van der Waals surface area (Å²) in [5.41, 5.74) is 0. The molecule has 1 N–H and O–H groups in total. The molecule has 1 saturated heterocycles. The van der Waals surface area contributed by atoms with Gasteiger partial charge < -0.3 is 14.8 Å². The predicted octanol–water partition coefficient (Wildman–Crippen LogP) is 0.226. The SMILES string of the molecule is COCCNC(=O)[C@@H]1COC(=O)N1CC(C)C. The number of nitrogens with one attached hydrogen (secondary N) is 1. The second kappa shape index (κ2) is 6.44. The molecule has 17 heavy (non-hydrogen) atoms. The minimum absolute atomic E-state index is 0.129. The van der Waals surface area contributed by atoms with E-state index in [0.717, 1.165) is 0 Å². The number of cyclic esters (lactones) is 1. The molecule has 6 nitrogen and oxygen atoms in total. The van der Waals surface area contributed by atoms with Crippen LogP contribution in [0.4, 0.5) is 4.79 Å². The van der Waals surface area contributed by atoms with E-state index in [9.17, 15) is 9.59 Å². The number of carbonyl (C=O) groups excluding carboxylic acids is 2. The zero-order chi connectivity index (χ0) is 12.8. The average Bonchev–Trinajstić information content (AvgIpc) is 2.60. The van der Waals surface area contributed by atoms with E-state index in [0.29, 0.717) is 25.6 Å². The quantitative estimate of drug-likeness (QED) is 0.679. The van der Waals surface area contributed by atoms with E-state index in [1.54, 1.807) is 7.11 Å². The Kier molecular flexibility index (Phi) is 5.21. The zero-order valence-electron chi connectivity index (χ0n) is 10.6. The Balaban J connectivity index is 2.50. The minimum atomic E-state index is -0.512. The molecule has 98 valence electrons. The van der Waals surface area contributed by atoms with Crippen LogP contribution < -0.4 is 5.32 Å². The predicted molar refractivity (Wildman–Crippen MR) is 61.6 cm³/mol. The molecule has 0 bridgehead atoms. The van der Waals surface area contributed by atoms with Gasteiger partial charge in [-0.05, 0) is 5.92 Å². The standard InChI is InChI=1S/C11H20N2O4/c1-8(2)6-13-9(7-17-11(13)15)10(14)12-4-5-16-3/h8-9H,4-7H2,1-3H3,(H,12,14)/t9-/m0/s1. The first-order valence-corrected chi connectivity index (χ1v) is 5.76. The molecule has 0 aliphatic carbocycles. The van der Waals surface area contributed by atoms with Gasteiger partial charge in [0.1, 0.15) is 12.6 Å². The highest BCUT2D eigenvalue weighted by atomic mass is 16.6. The van der Waals surface area contributed by atoms with Crippen LogP contribution in [0.2, 0.25) is 0 Å². The maximum absolute atomic E-state index is 11.8. The second-order valence-corrected chi connectivity index (χ2v) is 4.42. The lowest BCUT2D eigenvalue weighted by atomic mass is 10.2. The third kappa shape index (κ3) is 3.89. The van der Waals surface area contributed by atoms with Crippen molar-refractivity contribution < 1.29 is 19.1 Å². The van der Waals surface area contributed by atoms with Crippen molar-refractivity contribution in [2.75, 3.05) is 33.4 Å². The molecule has 0 unspecified atom stereocenters. The molecule has 0 spiro atoms. The molecule has 1 atom stereocenters. The average molecular weight is 244 g/mol. The molecule has 1 rings (SSSR count). The molecule has 2 amide bonds. The van der Waals surface area contributed by atoms with E-state index >= 15 is 0 Å². The van der Waals surface area contributed by atoms with Gasteiger partial charge in [0, 0.05) is 20.2 Å². The molecular weight excluding hydrogens is 224 g/mol. The molecular formula is C11H20N2O4. The molecule has 1 aliphatic rings. The minimum Gasteiger partial charge on any atom is -0.447 e. The topological polar surface area (TPSA) is 67.9 Å². The Morgan fingerprint density at radius 3 is 2.94 bits per heavy atom. The molecule has 1 aliphatic heterocycles. The highest BCUT2D eigenvalue weighted by molar-refractivity contribution is 5.87. The Morgan fingerprint density at radius 2 is 2.35 bits per heavy atom. The fourth-order valence-corrected chi connectivity index (χ4v) is 1.66. The van der Waals surface area contributed by atoms with Gasteiger partial charge in [-0.1, -0.05) is 13.8 Å². The number of methoxy groups -OCH3 is 1. The van der Waals surface area contributed by atoms with Crippen molar-refractivity contribution in [3.8, 4) is 0 Å². The van der Waals surface area contributed by atoms with Gasteiger partial charge in [0.15, 0.2) is 0 Å². The van der Waals surface area contributed by atoms with E-state index < -0.39 is 12.1 Å². The van der Waals surface area contributed by atoms with Crippen molar-refractivity contribution in [2.45, 2.75) is 19.9 Å². The Hall–Kier alpha value is -1.30. The largest absolute Gasteiger partial charge is 0.447 e. The Labute approximate surface area is 101 Å². The zero-order valence-corrected chi connectivity index (χ0v) is 10.6. The first-order valence-electron chi connectivity index (χ1n) is 5.76. The molecule has 0 radical (unpaired) electrons. The van der Waals surface area contributed by atoms with Crippen molar-refractivity contribution >= 4 is 12.0 Å². The number of nitrogens with zero attached hydrogens (tertiary/aromatic N) is 1. The summed E-state index contributed by atoms with van der Waals surface area (Å²) < 4.78 is 9.74. The molecule has 0 aromatic carbocycles. The van der Waals surface area contributed by atoms with Crippen molar-refractivity contribution in [1.82, 2.24) is 10.2 Å². The molecule has 0 aromatic rings. The lowest BCUT2D eigenvalue weighted by Gasteiger charge is -2.22. The fraction of sp³-hybridized carbons (Fsp3) is 0.818. The maximum atomic E-state index is 11.8. The maximum Gasteiger partial charge on any atom is 0.410 e. The van der Waals surface area contributed by atoms with E-state index in [2.05, 4.69) is 5.32 Å². The third-order valence-electron chi connectivity index (χ3n) is 2.45. The summed E-state index contributed by atoms with van der Waals surface area (Å²) in [4.78, 5) is 24.7. The van der Waals surface area contributed by atoms with Crippen LogP contribution in [0.3, 0.4) is 0 Å². The van der Waals surface area contributed by atoms with Gasteiger partial charge in [-0.25, -0.2) is 4.79 Å². The highest BCUT2D eigenvalue weighted by Crippen LogP contribution is 2.14. The first-order chi connectivity index (χ1) is 8.06. The second-order valence-electron chi connectivity index (χ2n) is 4.42. The van der Waals surface area contributed by atoms with Crippen LogP contribution in [0.25, 0.3) is 0 Å². The Morgan fingerprint density at radius 1 is 1.65 bits per heavy atom. The van der Waals surface area contributed by atoms with E-state index in [1.807, 2.05) is 13.8 Å². The van der Waals surface area contributed by atoms with Crippen LogP contribution in [0.1, 0.15) is 13.8 Å². The molecule has 1 fully saturated rings. The summed E-state index contributed by atoms with van der Waals surface area (Å²) in [6.45, 7) is 5.54. The van der Waals surface area contributed by atoms with Crippen molar-refractivity contribution in [3.05, 3.63) is 0 Å². The third-order valence-corrected chi connectivity index (χ3v) is 2.45. The number of hydrogen-bond donors (Lipinski definition) is 1. The molecule has 0 saturated carbocycles. The van der Waals surface area contributed by atoms with Crippen LogP contribution in [-0.4, -0.2) is 56.4 Å². The number of amides is 2. The van der Waals surface area contributed by atoms with Crippen molar-refractivity contribution in [3.63, 3.8) is 0 Å². The smallest absolute Gasteiger partial charge is 0.410 e. The lowest BCUT2D eigenvalue weighted by Crippen LogP contribution is -2.47. The van der Waals surface area contributed by atoms with Gasteiger partial charge >= 0.3 is 6.09 Å². The molecule has 0 aromatic heterocycles. The number of carbonyl (C=O) groups is 2. The van der Waals surface area contributed by atoms with Gasteiger partial charge in [0.05, 0.1) is 6.61 Å². The van der Waals surface area contributed by atoms with Gasteiger partial charge in [0.2, 0.25) is 5.91 Å². The van der Waals surface area contributed by atoms with Crippen molar-refractivity contribution in [2.24, 2.45) is 5.92 Å². The summed E-state index contributed by atoms with van der Waals surface area (Å²) in [7, 11) is 1.57. The Bertz CT molecular complexity index is 281. The van der Waals surface area contributed by atoms with E-state index in [-0.39, 0.29) is 12.5 Å². The monoisotopic (exact) mass is 244 g/mol. The fourth-order valence-electron chi connectivity index (χ4n) is 1.66. The molecule has 1 heterocycles. The van der Waals surface area contributed by atoms with Crippen molar-refractivity contribution in [1.29, 1.82) is 0 Å². The summed E-state index contributed by atoms with van der Waals surface area (Å²) >= 11 is 0. The van der Waals surface area contributed by atoms with E-state index in [1.165, 1.54) is 4.90 Å². The van der Waals surface area contributed by atoms with Crippen LogP contribution in [0.15, 0.2) is 0 Å². The van der Waals surface area contributed by atoms with Gasteiger partial charge in [-0.15, -0.1) is 0 Å². The molecule has 6 heteroatoms. The van der Waals surface area contributed by atoms with Crippen LogP contribution >= 0.6 is 0 Å². The number of ether oxygens (including phenoxy) is 2. The number of hydrogen-bond acceptors (Lipinski definition) is 4. The normalized spacial score (nSPS) is 19.6. The number of rotatable bonds is 6. The summed E-state index contributed by atoms with van der Waals surface area (Å²) in [5, 5.41) is 2.71. The summed E-state index contributed by atoms with van der Waals surface area (Å²) in [6.07, 6.45) is -0.411. The van der Waals surface area contributed by atoms with Gasteiger partial charge in [-0.3, -0.25) is 9.69 Å². The summed E-state index contributed by atoms with van der Waals surface area (Å²) in [6, 6.07) is -0.512. The first kappa shape index (κ1) is 13.8. The van der Waals surface area contributed by atoms with Gasteiger partial charge in [-0.2, -0.15) is 0 Å². The summed E-state index contributed by atoms with van der Waals surface area (Å²) in [5.74, 6) is 0.114. The van der Waals surface area contributed by atoms with Crippen LogP contribution in [0.5, 0.6) is 0 Å². The van der Waals surface area contributed by atoms with E-state index in [4.69, 9.17) is 9.47 Å². The lowest BCUT2D eigenvalue weighted by molar-refractivity contribution is -0.125. The van der Waals surface area contributed by atoms with Crippen LogP contribution in [0, 0.1) is 5.92 Å².